The smallest absolute Gasteiger partial charge is 0.497 e. The molecule has 0 saturated heterocycles. The summed E-state index contributed by atoms with van der Waals surface area (Å²) in [7, 11) is -0.230. The van der Waals surface area contributed by atoms with E-state index < -0.39 is 8.60 Å². The average molecular weight is 468 g/mol. The van der Waals surface area contributed by atoms with Gasteiger partial charge >= 0.3 is 8.60 Å². The van der Waals surface area contributed by atoms with E-state index in [1.807, 2.05) is 97.1 Å². The van der Waals surface area contributed by atoms with E-state index in [0.717, 1.165) is 16.9 Å². The third-order valence-corrected chi connectivity index (χ3v) is 5.64. The monoisotopic (exact) mass is 468 g/mol. The molecular weight excluding hydrogens is 447 g/mol. The lowest BCUT2D eigenvalue weighted by Gasteiger charge is -2.15. The van der Waals surface area contributed by atoms with Crippen molar-refractivity contribution in [2.45, 2.75) is 0 Å². The Morgan fingerprint density at radius 2 is 1.29 bits per heavy atom. The van der Waals surface area contributed by atoms with Crippen molar-refractivity contribution < 1.29 is 18.4 Å². The van der Waals surface area contributed by atoms with Crippen molar-refractivity contribution in [1.29, 1.82) is 5.26 Å². The van der Waals surface area contributed by atoms with Crippen molar-refractivity contribution in [2.75, 3.05) is 7.11 Å². The molecule has 34 heavy (non-hydrogen) atoms. The zero-order chi connectivity index (χ0) is 23.6. The predicted molar refractivity (Wildman–Crippen MR) is 133 cm³/mol. The number of para-hydroxylation sites is 2. The third-order valence-electron chi connectivity index (χ3n) is 4.71. The van der Waals surface area contributed by atoms with E-state index in [1.54, 1.807) is 19.3 Å². The van der Waals surface area contributed by atoms with Gasteiger partial charge in [0, 0.05) is 0 Å². The van der Waals surface area contributed by atoms with Crippen LogP contribution in [0, 0.1) is 11.3 Å². The minimum absolute atomic E-state index is 0.553. The molecule has 0 atom stereocenters. The zero-order valence-electron chi connectivity index (χ0n) is 18.4. The van der Waals surface area contributed by atoms with Gasteiger partial charge in [0.1, 0.15) is 29.0 Å². The summed E-state index contributed by atoms with van der Waals surface area (Å²) in [4.78, 5) is 0. The van der Waals surface area contributed by atoms with Crippen LogP contribution < -0.4 is 13.8 Å². The highest BCUT2D eigenvalue weighted by molar-refractivity contribution is 7.42. The van der Waals surface area contributed by atoms with Crippen molar-refractivity contribution in [3.05, 3.63) is 120 Å². The average Bonchev–Trinajstić information content (AvgIpc) is 2.90. The summed E-state index contributed by atoms with van der Waals surface area (Å²) >= 11 is 0. The fraction of sp³-hybridized carbons (Fsp3) is 0.0370. The van der Waals surface area contributed by atoms with Crippen LogP contribution in [-0.4, -0.2) is 12.8 Å². The first kappa shape index (κ1) is 22.8. The Balaban J connectivity index is 1.49. The first-order valence-electron chi connectivity index (χ1n) is 10.4. The molecule has 3 aromatic carbocycles. The Morgan fingerprint density at radius 3 is 1.79 bits per heavy atom. The Kier molecular flexibility index (Phi) is 7.74. The second-order valence-corrected chi connectivity index (χ2v) is 7.94. The highest BCUT2D eigenvalue weighted by Gasteiger charge is 2.19. The Morgan fingerprint density at radius 1 is 0.735 bits per heavy atom. The minimum atomic E-state index is -1.84. The Labute approximate surface area is 199 Å². The van der Waals surface area contributed by atoms with E-state index >= 15 is 0 Å². The molecular formula is C27H21N2O4P. The standard InChI is InChI=1S/C27H21N2O4P/c1-30-24-18-14-22(15-19-24)27(20-28)21-12-16-23(17-13-21)29-33-34(31-25-8-4-2-5-9-25)32-26-10-6-3-7-11-26/h2-19H,1H3. The van der Waals surface area contributed by atoms with Crippen LogP contribution in [0.3, 0.4) is 0 Å². The van der Waals surface area contributed by atoms with Crippen molar-refractivity contribution in [2.24, 2.45) is 5.16 Å². The van der Waals surface area contributed by atoms with Crippen molar-refractivity contribution >= 4 is 19.9 Å². The van der Waals surface area contributed by atoms with E-state index in [4.69, 9.17) is 18.4 Å². The molecule has 0 saturated carbocycles. The second kappa shape index (κ2) is 11.5. The van der Waals surface area contributed by atoms with Gasteiger partial charge in [-0.3, -0.25) is 4.62 Å². The van der Waals surface area contributed by atoms with Crippen LogP contribution in [0.5, 0.6) is 17.2 Å². The number of hydrogen-bond donors (Lipinski definition) is 0. The Bertz CT molecular complexity index is 1200. The molecule has 0 spiro atoms. The van der Waals surface area contributed by atoms with Crippen LogP contribution in [0.25, 0.3) is 5.57 Å². The molecule has 0 fully saturated rings. The fourth-order valence-corrected chi connectivity index (χ4v) is 3.86. The minimum Gasteiger partial charge on any atom is -0.497 e. The molecule has 0 radical (unpaired) electrons. The lowest BCUT2D eigenvalue weighted by atomic mass is 9.97. The first-order valence-corrected chi connectivity index (χ1v) is 11.5. The number of ether oxygens (including phenoxy) is 1. The molecule has 0 amide bonds. The first-order chi connectivity index (χ1) is 16.7. The molecule has 6 nitrogen and oxygen atoms in total. The maximum absolute atomic E-state index is 9.69. The second-order valence-electron chi connectivity index (χ2n) is 6.97. The molecule has 168 valence electrons. The molecule has 1 aliphatic carbocycles. The van der Waals surface area contributed by atoms with E-state index in [0.29, 0.717) is 22.8 Å². The van der Waals surface area contributed by atoms with Crippen LogP contribution >= 0.6 is 8.60 Å². The molecule has 0 aromatic heterocycles. The molecule has 3 aromatic rings. The number of methoxy groups -OCH3 is 1. The van der Waals surface area contributed by atoms with Gasteiger partial charge in [-0.15, -0.1) is 0 Å². The number of allylic oxidation sites excluding steroid dienone is 6. The van der Waals surface area contributed by atoms with E-state index in [2.05, 4.69) is 11.2 Å². The van der Waals surface area contributed by atoms with Crippen LogP contribution in [0.4, 0.5) is 0 Å². The highest BCUT2D eigenvalue weighted by atomic mass is 31.2. The van der Waals surface area contributed by atoms with Gasteiger partial charge < -0.3 is 13.8 Å². The molecule has 4 rings (SSSR count). The van der Waals surface area contributed by atoms with Gasteiger partial charge in [-0.1, -0.05) is 53.7 Å². The van der Waals surface area contributed by atoms with E-state index in [9.17, 15) is 5.26 Å². The summed E-state index contributed by atoms with van der Waals surface area (Å²) in [5, 5.41) is 13.9. The van der Waals surface area contributed by atoms with Crippen LogP contribution in [0.15, 0.2) is 120 Å². The van der Waals surface area contributed by atoms with Crippen molar-refractivity contribution in [3.63, 3.8) is 0 Å². The number of benzene rings is 3. The molecule has 0 N–H and O–H groups in total. The molecule has 7 heteroatoms. The third kappa shape index (κ3) is 6.13. The molecule has 0 aliphatic heterocycles. The summed E-state index contributed by atoms with van der Waals surface area (Å²) < 4.78 is 22.6. The SMILES string of the molecule is COc1ccc(C(C#N)=C2C=CC(=NOP(Oc3ccccc3)Oc3ccccc3)C=C2)cc1. The molecule has 0 bridgehead atoms. The zero-order valence-corrected chi connectivity index (χ0v) is 19.3. The van der Waals surface area contributed by atoms with Gasteiger partial charge in [0.15, 0.2) is 0 Å². The maximum atomic E-state index is 9.69. The van der Waals surface area contributed by atoms with Gasteiger partial charge in [-0.05, 0) is 71.8 Å². The lowest BCUT2D eigenvalue weighted by Crippen LogP contribution is -2.00. The van der Waals surface area contributed by atoms with Gasteiger partial charge in [-0.2, -0.15) is 5.26 Å². The predicted octanol–water partition coefficient (Wildman–Crippen LogP) is 6.86. The lowest BCUT2D eigenvalue weighted by molar-refractivity contribution is 0.280. The fourth-order valence-electron chi connectivity index (χ4n) is 3.01. The summed E-state index contributed by atoms with van der Waals surface area (Å²) in [6.45, 7) is 0. The summed E-state index contributed by atoms with van der Waals surface area (Å²) in [5.74, 6) is 1.96. The largest absolute Gasteiger partial charge is 0.552 e. The molecule has 0 heterocycles. The number of nitrogens with zero attached hydrogens (tertiary/aromatic N) is 2. The van der Waals surface area contributed by atoms with E-state index in [-0.39, 0.29) is 0 Å². The topological polar surface area (TPSA) is 73.1 Å². The number of hydrogen-bond acceptors (Lipinski definition) is 6. The number of nitriles is 1. The van der Waals surface area contributed by atoms with E-state index in [1.165, 1.54) is 0 Å². The van der Waals surface area contributed by atoms with Crippen LogP contribution in [-0.2, 0) is 4.62 Å². The summed E-state index contributed by atoms with van der Waals surface area (Å²) in [5.41, 5.74) is 2.70. The van der Waals surface area contributed by atoms with Gasteiger partial charge in [0.05, 0.1) is 12.7 Å². The van der Waals surface area contributed by atoms with Gasteiger partial charge in [-0.25, -0.2) is 0 Å². The molecule has 1 aliphatic rings. The van der Waals surface area contributed by atoms with Crippen LogP contribution in [0.2, 0.25) is 0 Å². The maximum Gasteiger partial charge on any atom is 0.552 e. The van der Waals surface area contributed by atoms with Gasteiger partial charge in [0.25, 0.3) is 0 Å². The molecule has 0 unspecified atom stereocenters. The van der Waals surface area contributed by atoms with Gasteiger partial charge in [0.2, 0.25) is 0 Å². The number of oxime groups is 1. The quantitative estimate of drug-likeness (QED) is 0.205. The normalized spacial score (nSPS) is 12.1. The van der Waals surface area contributed by atoms with Crippen molar-refractivity contribution in [3.8, 4) is 23.3 Å². The number of rotatable bonds is 8. The van der Waals surface area contributed by atoms with Crippen LogP contribution in [0.1, 0.15) is 5.56 Å². The summed E-state index contributed by atoms with van der Waals surface area (Å²) in [6.07, 6.45) is 7.19. The highest BCUT2D eigenvalue weighted by Crippen LogP contribution is 2.41. The van der Waals surface area contributed by atoms with Crippen molar-refractivity contribution in [1.82, 2.24) is 0 Å². The Hall–Kier alpha value is -4.33. The summed E-state index contributed by atoms with van der Waals surface area (Å²) in [6, 6.07) is 28.2.